The summed E-state index contributed by atoms with van der Waals surface area (Å²) in [4.78, 5) is 83.6. The van der Waals surface area contributed by atoms with Crippen molar-refractivity contribution >= 4 is 35.7 Å². The minimum absolute atomic E-state index is 0.00263. The maximum Gasteiger partial charge on any atom is 0.490 e. The van der Waals surface area contributed by atoms with Gasteiger partial charge in [-0.1, -0.05) is 50.2 Å². The van der Waals surface area contributed by atoms with Crippen molar-refractivity contribution in [1.29, 1.82) is 0 Å². The molecule has 16 nitrogen and oxygen atoms in total. The molecule has 0 saturated carbocycles. The molecule has 0 aliphatic carbocycles. The highest BCUT2D eigenvalue weighted by molar-refractivity contribution is 5.95. The molecule has 4 atom stereocenters. The van der Waals surface area contributed by atoms with E-state index in [4.69, 9.17) is 14.6 Å². The van der Waals surface area contributed by atoms with Gasteiger partial charge in [0.25, 0.3) is 0 Å². The number of carbonyl (C=O) groups is 6. The molecule has 3 aromatic rings. The quantitative estimate of drug-likeness (QED) is 0.260. The Bertz CT molecular complexity index is 1920. The van der Waals surface area contributed by atoms with Crippen molar-refractivity contribution in [3.8, 4) is 11.4 Å². The largest absolute Gasteiger partial charge is 0.506 e. The van der Waals surface area contributed by atoms with Crippen molar-refractivity contribution < 1.29 is 56.9 Å². The average Bonchev–Trinajstić information content (AvgIpc) is 3.85. The Morgan fingerprint density at radius 2 is 1.72 bits per heavy atom. The molecule has 5 N–H and O–H groups in total. The summed E-state index contributed by atoms with van der Waals surface area (Å²) in [6.45, 7) is 5.70. The SMILES string of the molecule is CC(C)[C@@H]1NC(=O)[C@H](C)NC(=O)[C@@H]2CCCN2C(=O)[C@@H](N(C)C(=O)OCc2ccccc2)Cc2cn(cn2)-c2cc(ccc2O)CCNC1=O.O=C(O)C(F)(F)F. The normalized spacial score (nSPS) is 20.8. The van der Waals surface area contributed by atoms with Gasteiger partial charge in [-0.3, -0.25) is 24.1 Å². The van der Waals surface area contributed by atoms with Gasteiger partial charge in [0.2, 0.25) is 23.6 Å². The Morgan fingerprint density at radius 1 is 1.04 bits per heavy atom. The number of alkyl halides is 3. The van der Waals surface area contributed by atoms with E-state index in [9.17, 15) is 42.3 Å². The molecule has 0 radical (unpaired) electrons. The Morgan fingerprint density at radius 3 is 2.37 bits per heavy atom. The molecule has 4 bridgehead atoms. The van der Waals surface area contributed by atoms with Gasteiger partial charge in [-0.2, -0.15) is 13.2 Å². The van der Waals surface area contributed by atoms with E-state index in [1.165, 1.54) is 30.1 Å². The van der Waals surface area contributed by atoms with Crippen molar-refractivity contribution in [2.45, 2.75) is 83.4 Å². The number of benzene rings is 2. The van der Waals surface area contributed by atoms with E-state index in [0.29, 0.717) is 30.6 Å². The lowest BCUT2D eigenvalue weighted by Crippen LogP contribution is -2.58. The molecule has 1 aromatic heterocycles. The van der Waals surface area contributed by atoms with E-state index in [2.05, 4.69) is 20.9 Å². The van der Waals surface area contributed by atoms with Crippen LogP contribution in [0, 0.1) is 5.92 Å². The standard InChI is InChI=1S/C36H45N7O7.C2HF3O2/c1-22(2)31-34(47)37-15-14-24-12-13-30(44)28(17-24)42-19-26(38-21-42)18-29(41(4)36(49)50-20-25-9-6-5-7-10-25)35(48)43-16-8-11-27(43)33(46)39-23(3)32(45)40-31;3-2(4,5)1(6)7/h5-7,9-10,12-13,17,19,21-23,27,29,31,44H,8,11,14-16,18,20H2,1-4H3,(H,37,47)(H,39,46)(H,40,45);(H,6,7)/t23-,27-,29-,31-;/m0./s1. The smallest absolute Gasteiger partial charge is 0.490 e. The third-order valence-electron chi connectivity index (χ3n) is 9.40. The van der Waals surface area contributed by atoms with Gasteiger partial charge in [0, 0.05) is 32.8 Å². The Kier molecular flexibility index (Phi) is 14.6. The first kappa shape index (κ1) is 43.6. The number of hydrogen-bond acceptors (Lipinski definition) is 9. The molecule has 5 amide bonds. The van der Waals surface area contributed by atoms with Gasteiger partial charge in [0.05, 0.1) is 17.7 Å². The highest BCUT2D eigenvalue weighted by atomic mass is 19.4. The molecular weight excluding hydrogens is 755 g/mol. The van der Waals surface area contributed by atoms with Crippen LogP contribution in [0.15, 0.2) is 61.1 Å². The van der Waals surface area contributed by atoms with Crippen molar-refractivity contribution in [3.05, 3.63) is 77.9 Å². The monoisotopic (exact) mass is 801 g/mol. The van der Waals surface area contributed by atoms with Gasteiger partial charge in [-0.05, 0) is 55.4 Å². The van der Waals surface area contributed by atoms with Crippen molar-refractivity contribution in [1.82, 2.24) is 35.3 Å². The molecule has 3 heterocycles. The van der Waals surface area contributed by atoms with Crippen LogP contribution < -0.4 is 16.0 Å². The number of halogens is 3. The number of carboxylic acids is 1. The molecule has 2 aliphatic heterocycles. The number of amides is 5. The van der Waals surface area contributed by atoms with E-state index >= 15 is 0 Å². The van der Waals surface area contributed by atoms with Gasteiger partial charge in [0.15, 0.2) is 0 Å². The number of aromatic nitrogens is 2. The number of ether oxygens (including phenoxy) is 1. The maximum absolute atomic E-state index is 14.3. The predicted octanol–water partition coefficient (Wildman–Crippen LogP) is 2.70. The number of rotatable bonds is 4. The Hall–Kier alpha value is -6.14. The number of fused-ring (bicyclic) bond motifs is 6. The second-order valence-electron chi connectivity index (χ2n) is 14.0. The molecule has 308 valence electrons. The number of phenols is 1. The van der Waals surface area contributed by atoms with Crippen LogP contribution in [0.3, 0.4) is 0 Å². The van der Waals surface area contributed by atoms with E-state index in [0.717, 1.165) is 11.1 Å². The minimum atomic E-state index is -5.08. The van der Waals surface area contributed by atoms with Gasteiger partial charge < -0.3 is 40.4 Å². The zero-order valence-electron chi connectivity index (χ0n) is 31.8. The summed E-state index contributed by atoms with van der Waals surface area (Å²) in [5, 5.41) is 26.2. The number of carbonyl (C=O) groups excluding carboxylic acids is 5. The number of aromatic hydroxyl groups is 1. The first-order valence-electron chi connectivity index (χ1n) is 18.1. The fourth-order valence-electron chi connectivity index (χ4n) is 6.19. The number of hydrogen-bond donors (Lipinski definition) is 5. The van der Waals surface area contributed by atoms with Crippen molar-refractivity contribution in [2.75, 3.05) is 20.1 Å². The van der Waals surface area contributed by atoms with Crippen LogP contribution in [0.25, 0.3) is 5.69 Å². The number of carboxylic acid groups (broad SMARTS) is 1. The van der Waals surface area contributed by atoms with Crippen LogP contribution in [-0.4, -0.2) is 116 Å². The molecule has 2 aromatic carbocycles. The topological polar surface area (TPSA) is 212 Å². The summed E-state index contributed by atoms with van der Waals surface area (Å²) in [5.41, 5.74) is 2.51. The summed E-state index contributed by atoms with van der Waals surface area (Å²) < 4.78 is 38.9. The van der Waals surface area contributed by atoms with E-state index in [1.54, 1.807) is 29.0 Å². The summed E-state index contributed by atoms with van der Waals surface area (Å²) in [6, 6.07) is 10.4. The van der Waals surface area contributed by atoms with Crippen LogP contribution >= 0.6 is 0 Å². The highest BCUT2D eigenvalue weighted by Gasteiger charge is 2.41. The first-order valence-corrected chi connectivity index (χ1v) is 18.1. The second-order valence-corrected chi connectivity index (χ2v) is 14.0. The Labute approximate surface area is 326 Å². The first-order chi connectivity index (χ1) is 26.9. The lowest BCUT2D eigenvalue weighted by Gasteiger charge is -2.33. The molecule has 19 heteroatoms. The Balaban J connectivity index is 0.000000940. The number of aliphatic carboxylic acids is 1. The van der Waals surface area contributed by atoms with Crippen LogP contribution in [0.2, 0.25) is 0 Å². The van der Waals surface area contributed by atoms with Crippen LogP contribution in [0.4, 0.5) is 18.0 Å². The molecule has 0 unspecified atom stereocenters. The minimum Gasteiger partial charge on any atom is -0.506 e. The lowest BCUT2D eigenvalue weighted by molar-refractivity contribution is -0.192. The third kappa shape index (κ3) is 11.7. The van der Waals surface area contributed by atoms with Crippen molar-refractivity contribution in [2.24, 2.45) is 5.92 Å². The molecule has 57 heavy (non-hydrogen) atoms. The number of likely N-dealkylation sites (N-methyl/N-ethyl adjacent to an activating group) is 1. The summed E-state index contributed by atoms with van der Waals surface area (Å²) in [6.07, 6.45) is -1.28. The zero-order valence-corrected chi connectivity index (χ0v) is 31.8. The van der Waals surface area contributed by atoms with Crippen LogP contribution in [0.5, 0.6) is 5.75 Å². The average molecular weight is 802 g/mol. The number of phenolic OH excluding ortho intramolecular Hbond substituents is 1. The molecule has 0 spiro atoms. The molecule has 1 fully saturated rings. The second kappa shape index (κ2) is 19.1. The summed E-state index contributed by atoms with van der Waals surface area (Å²) in [7, 11) is 1.47. The van der Waals surface area contributed by atoms with E-state index in [1.807, 2.05) is 44.2 Å². The number of imidazole rings is 1. The molecule has 2 aliphatic rings. The summed E-state index contributed by atoms with van der Waals surface area (Å²) in [5.74, 6) is -4.88. The van der Waals surface area contributed by atoms with Gasteiger partial charge in [0.1, 0.15) is 36.5 Å². The molecule has 5 rings (SSSR count). The predicted molar refractivity (Wildman–Crippen MR) is 197 cm³/mol. The van der Waals surface area contributed by atoms with Crippen molar-refractivity contribution in [3.63, 3.8) is 0 Å². The van der Waals surface area contributed by atoms with Crippen LogP contribution in [-0.2, 0) is 48.2 Å². The maximum atomic E-state index is 14.3. The number of nitrogens with zero attached hydrogens (tertiary/aromatic N) is 4. The van der Waals surface area contributed by atoms with Crippen LogP contribution in [0.1, 0.15) is 50.4 Å². The zero-order chi connectivity index (χ0) is 42.0. The van der Waals surface area contributed by atoms with E-state index < -0.39 is 60.1 Å². The third-order valence-corrected chi connectivity index (χ3v) is 9.40. The van der Waals surface area contributed by atoms with Gasteiger partial charge >= 0.3 is 18.2 Å². The fraction of sp³-hybridized carbons (Fsp3) is 0.447. The van der Waals surface area contributed by atoms with E-state index in [-0.39, 0.29) is 43.7 Å². The lowest BCUT2D eigenvalue weighted by atomic mass is 10.0. The van der Waals surface area contributed by atoms with Gasteiger partial charge in [-0.25, -0.2) is 14.6 Å². The fourth-order valence-corrected chi connectivity index (χ4v) is 6.19. The molecular formula is C38H46F3N7O9. The summed E-state index contributed by atoms with van der Waals surface area (Å²) >= 11 is 0. The number of nitrogens with one attached hydrogen (secondary N) is 3. The van der Waals surface area contributed by atoms with Gasteiger partial charge in [-0.15, -0.1) is 0 Å². The highest BCUT2D eigenvalue weighted by Crippen LogP contribution is 2.26. The molecule has 1 saturated heterocycles.